The molecule has 1 aliphatic carbocycles. The van der Waals surface area contributed by atoms with E-state index in [1.807, 2.05) is 0 Å². The lowest BCUT2D eigenvalue weighted by Gasteiger charge is -2.30. The maximum Gasteiger partial charge on any atom is 0.411 e. The molecule has 1 amide bonds. The van der Waals surface area contributed by atoms with E-state index in [1.165, 1.54) is 12.3 Å². The molecular formula is C13H15ClF3NO3. The first kappa shape index (κ1) is 16.2. The third kappa shape index (κ3) is 4.93. The predicted octanol–water partition coefficient (Wildman–Crippen LogP) is 3.55. The van der Waals surface area contributed by atoms with Gasteiger partial charge in [0.05, 0.1) is 17.9 Å². The number of carbonyl (C=O) groups excluding carboxylic acids is 1. The topological polar surface area (TPSA) is 51.5 Å². The van der Waals surface area contributed by atoms with Crippen LogP contribution in [0.25, 0.3) is 0 Å². The van der Waals surface area contributed by atoms with Crippen LogP contribution in [0.1, 0.15) is 36.0 Å². The van der Waals surface area contributed by atoms with Crippen molar-refractivity contribution in [2.24, 2.45) is 0 Å². The highest BCUT2D eigenvalue weighted by molar-refractivity contribution is 6.32. The van der Waals surface area contributed by atoms with Crippen LogP contribution in [0.2, 0.25) is 5.22 Å². The Bertz CT molecular complexity index is 489. The fourth-order valence-electron chi connectivity index (χ4n) is 2.36. The number of amides is 1. The molecule has 4 nitrogen and oxygen atoms in total. The fraction of sp³-hybridized carbons (Fsp3) is 0.615. The zero-order valence-corrected chi connectivity index (χ0v) is 11.8. The largest absolute Gasteiger partial charge is 0.452 e. The molecule has 1 aliphatic rings. The molecule has 1 aromatic heterocycles. The van der Waals surface area contributed by atoms with E-state index in [1.54, 1.807) is 0 Å². The van der Waals surface area contributed by atoms with Crippen LogP contribution in [0, 0.1) is 0 Å². The molecule has 1 fully saturated rings. The Morgan fingerprint density at radius 3 is 2.86 bits per heavy atom. The summed E-state index contributed by atoms with van der Waals surface area (Å²) in [6.45, 7) is -1.26. The average Bonchev–Trinajstić information content (AvgIpc) is 2.82. The third-order valence-electron chi connectivity index (χ3n) is 3.31. The van der Waals surface area contributed by atoms with E-state index in [-0.39, 0.29) is 16.8 Å². The van der Waals surface area contributed by atoms with Gasteiger partial charge in [-0.1, -0.05) is 0 Å². The van der Waals surface area contributed by atoms with Gasteiger partial charge in [0.1, 0.15) is 6.61 Å². The molecule has 0 spiro atoms. The molecule has 2 atom stereocenters. The summed E-state index contributed by atoms with van der Waals surface area (Å²) in [6, 6.07) is 1.22. The molecule has 1 heterocycles. The normalized spacial score (nSPS) is 23.0. The summed E-state index contributed by atoms with van der Waals surface area (Å²) in [5.41, 5.74) is 0.218. The monoisotopic (exact) mass is 325 g/mol. The van der Waals surface area contributed by atoms with Gasteiger partial charge < -0.3 is 14.5 Å². The minimum absolute atomic E-state index is 0.00631. The lowest BCUT2D eigenvalue weighted by Crippen LogP contribution is -2.41. The molecule has 0 aromatic carbocycles. The van der Waals surface area contributed by atoms with Crippen molar-refractivity contribution in [1.29, 1.82) is 0 Å². The van der Waals surface area contributed by atoms with Crippen LogP contribution in [0.15, 0.2) is 16.7 Å². The number of halogens is 4. The van der Waals surface area contributed by atoms with Crippen molar-refractivity contribution in [3.8, 4) is 0 Å². The van der Waals surface area contributed by atoms with Crippen molar-refractivity contribution < 1.29 is 27.1 Å². The highest BCUT2D eigenvalue weighted by atomic mass is 35.5. The second-order valence-corrected chi connectivity index (χ2v) is 5.34. The number of ether oxygens (including phenoxy) is 1. The van der Waals surface area contributed by atoms with Crippen LogP contribution < -0.4 is 5.32 Å². The van der Waals surface area contributed by atoms with Gasteiger partial charge in [-0.3, -0.25) is 4.79 Å². The zero-order valence-electron chi connectivity index (χ0n) is 11.1. The zero-order chi connectivity index (χ0) is 15.5. The second kappa shape index (κ2) is 6.70. The van der Waals surface area contributed by atoms with E-state index in [4.69, 9.17) is 20.8 Å². The summed E-state index contributed by atoms with van der Waals surface area (Å²) in [6.07, 6.45) is -1.20. The molecule has 0 bridgehead atoms. The van der Waals surface area contributed by atoms with E-state index < -0.39 is 24.8 Å². The fourth-order valence-corrected chi connectivity index (χ4v) is 2.56. The summed E-state index contributed by atoms with van der Waals surface area (Å²) >= 11 is 5.70. The first-order valence-electron chi connectivity index (χ1n) is 6.57. The third-order valence-corrected chi connectivity index (χ3v) is 3.60. The molecule has 1 aromatic rings. The number of carbonyl (C=O) groups is 1. The van der Waals surface area contributed by atoms with E-state index in [0.717, 1.165) is 0 Å². The van der Waals surface area contributed by atoms with Crippen LogP contribution in [-0.4, -0.2) is 30.8 Å². The van der Waals surface area contributed by atoms with Crippen molar-refractivity contribution in [1.82, 2.24) is 5.32 Å². The number of nitrogens with one attached hydrogen (secondary N) is 1. The Labute approximate surface area is 124 Å². The molecule has 0 radical (unpaired) electrons. The predicted molar refractivity (Wildman–Crippen MR) is 69.2 cm³/mol. The Morgan fingerprint density at radius 2 is 2.24 bits per heavy atom. The molecular weight excluding hydrogens is 311 g/mol. The molecule has 1 saturated carbocycles. The molecule has 0 aliphatic heterocycles. The standard InChI is InChI=1S/C13H15ClF3NO3/c14-11-10(4-5-20-11)12(19)18-8-2-1-3-9(6-8)21-7-13(15,16)17/h4-5,8-9H,1-3,6-7H2,(H,18,19). The SMILES string of the molecule is O=C(NC1CCCC(OCC(F)(F)F)C1)c1ccoc1Cl. The summed E-state index contributed by atoms with van der Waals surface area (Å²) in [4.78, 5) is 11.9. The van der Waals surface area contributed by atoms with Crippen LogP contribution in [-0.2, 0) is 4.74 Å². The van der Waals surface area contributed by atoms with Crippen molar-refractivity contribution in [3.05, 3.63) is 23.1 Å². The van der Waals surface area contributed by atoms with Crippen molar-refractivity contribution in [2.75, 3.05) is 6.61 Å². The van der Waals surface area contributed by atoms with Gasteiger partial charge in [-0.2, -0.15) is 13.2 Å². The van der Waals surface area contributed by atoms with Gasteiger partial charge in [0.2, 0.25) is 5.22 Å². The molecule has 118 valence electrons. The summed E-state index contributed by atoms with van der Waals surface area (Å²) in [7, 11) is 0. The summed E-state index contributed by atoms with van der Waals surface area (Å²) in [5, 5.41) is 2.74. The van der Waals surface area contributed by atoms with Gasteiger partial charge in [-0.15, -0.1) is 0 Å². The molecule has 2 unspecified atom stereocenters. The summed E-state index contributed by atoms with van der Waals surface area (Å²) in [5.74, 6) is -0.393. The first-order chi connectivity index (χ1) is 9.85. The Kier molecular flexibility index (Phi) is 5.16. The quantitative estimate of drug-likeness (QED) is 0.921. The highest BCUT2D eigenvalue weighted by Crippen LogP contribution is 2.25. The van der Waals surface area contributed by atoms with E-state index in [2.05, 4.69) is 5.32 Å². The van der Waals surface area contributed by atoms with Crippen LogP contribution >= 0.6 is 11.6 Å². The first-order valence-corrected chi connectivity index (χ1v) is 6.95. The van der Waals surface area contributed by atoms with Crippen molar-refractivity contribution in [3.63, 3.8) is 0 Å². The molecule has 21 heavy (non-hydrogen) atoms. The molecule has 2 rings (SSSR count). The van der Waals surface area contributed by atoms with Gasteiger partial charge in [0.15, 0.2) is 0 Å². The number of furan rings is 1. The lowest BCUT2D eigenvalue weighted by molar-refractivity contribution is -0.188. The lowest BCUT2D eigenvalue weighted by atomic mass is 9.92. The van der Waals surface area contributed by atoms with E-state index >= 15 is 0 Å². The minimum Gasteiger partial charge on any atom is -0.452 e. The van der Waals surface area contributed by atoms with Gasteiger partial charge in [-0.25, -0.2) is 0 Å². The Hall–Kier alpha value is -1.21. The van der Waals surface area contributed by atoms with Crippen LogP contribution in [0.5, 0.6) is 0 Å². The molecule has 0 saturated heterocycles. The van der Waals surface area contributed by atoms with E-state index in [0.29, 0.717) is 25.7 Å². The highest BCUT2D eigenvalue weighted by Gasteiger charge is 2.31. The molecule has 8 heteroatoms. The van der Waals surface area contributed by atoms with E-state index in [9.17, 15) is 18.0 Å². The van der Waals surface area contributed by atoms with Gasteiger partial charge >= 0.3 is 6.18 Å². The maximum absolute atomic E-state index is 12.1. The number of hydrogen-bond donors (Lipinski definition) is 1. The van der Waals surface area contributed by atoms with Crippen LogP contribution in [0.3, 0.4) is 0 Å². The molecule has 1 N–H and O–H groups in total. The smallest absolute Gasteiger partial charge is 0.411 e. The number of alkyl halides is 3. The summed E-state index contributed by atoms with van der Waals surface area (Å²) < 4.78 is 46.1. The second-order valence-electron chi connectivity index (χ2n) is 4.99. The minimum atomic E-state index is -4.33. The maximum atomic E-state index is 12.1. The van der Waals surface area contributed by atoms with Gasteiger partial charge in [-0.05, 0) is 43.4 Å². The Morgan fingerprint density at radius 1 is 1.48 bits per heavy atom. The average molecular weight is 326 g/mol. The van der Waals surface area contributed by atoms with Gasteiger partial charge in [0, 0.05) is 6.04 Å². The van der Waals surface area contributed by atoms with Gasteiger partial charge in [0.25, 0.3) is 5.91 Å². The van der Waals surface area contributed by atoms with Crippen molar-refractivity contribution in [2.45, 2.75) is 44.0 Å². The number of hydrogen-bond acceptors (Lipinski definition) is 3. The Balaban J connectivity index is 1.84. The number of rotatable bonds is 4. The van der Waals surface area contributed by atoms with Crippen LogP contribution in [0.4, 0.5) is 13.2 Å². The van der Waals surface area contributed by atoms with Crippen molar-refractivity contribution >= 4 is 17.5 Å².